The van der Waals surface area contributed by atoms with Crippen LogP contribution in [0.1, 0.15) is 44.6 Å². The van der Waals surface area contributed by atoms with E-state index in [1.807, 2.05) is 34.1 Å². The Morgan fingerprint density at radius 3 is 2.42 bits per heavy atom. The Labute approximate surface area is 203 Å². The van der Waals surface area contributed by atoms with Crippen LogP contribution in [0.15, 0.2) is 54.6 Å². The number of rotatable bonds is 11. The van der Waals surface area contributed by atoms with Gasteiger partial charge in [-0.15, -0.1) is 0 Å². The Morgan fingerprint density at radius 1 is 1.00 bits per heavy atom. The lowest BCUT2D eigenvalue weighted by atomic mass is 9.95. The molecule has 6 heteroatoms. The van der Waals surface area contributed by atoms with Crippen molar-refractivity contribution in [3.05, 3.63) is 65.2 Å². The highest BCUT2D eigenvalue weighted by Crippen LogP contribution is 2.25. The Bertz CT molecular complexity index is 882. The van der Waals surface area contributed by atoms with Gasteiger partial charge in [0.2, 0.25) is 11.8 Å². The van der Waals surface area contributed by atoms with Gasteiger partial charge in [-0.05, 0) is 75.4 Å². The quantitative estimate of drug-likeness (QED) is 0.474. The fraction of sp³-hybridized carbons (Fsp3) is 0.481. The molecule has 1 aliphatic heterocycles. The third-order valence-corrected chi connectivity index (χ3v) is 6.56. The third-order valence-electron chi connectivity index (χ3n) is 6.32. The van der Waals surface area contributed by atoms with Crippen LogP contribution in [0.2, 0.25) is 5.02 Å². The Balaban J connectivity index is 1.44. The van der Waals surface area contributed by atoms with Gasteiger partial charge in [0, 0.05) is 43.2 Å². The monoisotopic (exact) mass is 469 g/mol. The van der Waals surface area contributed by atoms with Crippen molar-refractivity contribution in [1.29, 1.82) is 0 Å². The molecule has 0 saturated carbocycles. The van der Waals surface area contributed by atoms with Crippen molar-refractivity contribution in [3.63, 3.8) is 0 Å². The zero-order valence-electron chi connectivity index (χ0n) is 19.6. The molecule has 3 rings (SSSR count). The highest BCUT2D eigenvalue weighted by Gasteiger charge is 2.30. The first-order valence-corrected chi connectivity index (χ1v) is 12.5. The molecule has 0 spiro atoms. The summed E-state index contributed by atoms with van der Waals surface area (Å²) in [5.74, 6) is 0.177. The standard InChI is InChI=1S/C27H36ClN3O2/c1-22(32)30-19-14-24(15-20-30)27(33)31(26-13-7-12-25(28)21-26)18-8-17-29-16-6-5-11-23-9-3-2-4-10-23/h2-4,7,9-10,12-13,21,24,29H,5-6,8,11,14-20H2,1H3. The molecule has 2 aromatic rings. The van der Waals surface area contributed by atoms with Gasteiger partial charge in [0.1, 0.15) is 0 Å². The molecule has 0 aliphatic carbocycles. The van der Waals surface area contributed by atoms with Crippen molar-refractivity contribution >= 4 is 29.1 Å². The number of nitrogens with one attached hydrogen (secondary N) is 1. The van der Waals surface area contributed by atoms with E-state index in [0.717, 1.165) is 50.9 Å². The average Bonchev–Trinajstić information content (AvgIpc) is 2.83. The molecule has 1 fully saturated rings. The Morgan fingerprint density at radius 2 is 1.73 bits per heavy atom. The molecule has 5 nitrogen and oxygen atoms in total. The van der Waals surface area contributed by atoms with Crippen molar-refractivity contribution in [1.82, 2.24) is 10.2 Å². The second-order valence-electron chi connectivity index (χ2n) is 8.80. The van der Waals surface area contributed by atoms with Crippen LogP contribution in [0.25, 0.3) is 0 Å². The maximum atomic E-state index is 13.4. The molecule has 2 aromatic carbocycles. The number of piperidine rings is 1. The molecule has 0 unspecified atom stereocenters. The van der Waals surface area contributed by atoms with Gasteiger partial charge in [-0.2, -0.15) is 0 Å². The molecule has 33 heavy (non-hydrogen) atoms. The van der Waals surface area contributed by atoms with Crippen LogP contribution in [0.4, 0.5) is 5.69 Å². The molecule has 0 aromatic heterocycles. The number of anilines is 1. The number of benzene rings is 2. The lowest BCUT2D eigenvalue weighted by Crippen LogP contribution is -2.44. The molecule has 0 atom stereocenters. The van der Waals surface area contributed by atoms with Crippen LogP contribution in [-0.2, 0) is 16.0 Å². The number of carbonyl (C=O) groups excluding carboxylic acids is 2. The summed E-state index contributed by atoms with van der Waals surface area (Å²) < 4.78 is 0. The summed E-state index contributed by atoms with van der Waals surface area (Å²) in [6.45, 7) is 5.41. The van der Waals surface area contributed by atoms with E-state index < -0.39 is 0 Å². The zero-order valence-corrected chi connectivity index (χ0v) is 20.4. The van der Waals surface area contributed by atoms with E-state index in [1.165, 1.54) is 12.0 Å². The summed E-state index contributed by atoms with van der Waals surface area (Å²) >= 11 is 6.22. The number of carbonyl (C=O) groups is 2. The SMILES string of the molecule is CC(=O)N1CCC(C(=O)N(CCCNCCCCc2ccccc2)c2cccc(Cl)c2)CC1. The molecule has 1 N–H and O–H groups in total. The number of hydrogen-bond acceptors (Lipinski definition) is 3. The van der Waals surface area contributed by atoms with Crippen LogP contribution < -0.4 is 10.2 Å². The number of likely N-dealkylation sites (tertiary alicyclic amines) is 1. The molecular formula is C27H36ClN3O2. The summed E-state index contributed by atoms with van der Waals surface area (Å²) in [4.78, 5) is 28.7. The third kappa shape index (κ3) is 8.17. The molecule has 0 radical (unpaired) electrons. The van der Waals surface area contributed by atoms with Gasteiger partial charge in [-0.1, -0.05) is 48.0 Å². The van der Waals surface area contributed by atoms with E-state index in [4.69, 9.17) is 11.6 Å². The minimum absolute atomic E-state index is 0.0504. The minimum atomic E-state index is -0.0504. The fourth-order valence-corrected chi connectivity index (χ4v) is 4.57. The Kier molecular flexibility index (Phi) is 10.2. The van der Waals surface area contributed by atoms with E-state index in [2.05, 4.69) is 35.6 Å². The summed E-state index contributed by atoms with van der Waals surface area (Å²) in [6.07, 6.45) is 5.74. The predicted molar refractivity (Wildman–Crippen MR) is 136 cm³/mol. The number of hydrogen-bond donors (Lipinski definition) is 1. The molecule has 178 valence electrons. The van der Waals surface area contributed by atoms with E-state index in [0.29, 0.717) is 24.7 Å². The second-order valence-corrected chi connectivity index (χ2v) is 9.23. The molecule has 0 bridgehead atoms. The van der Waals surface area contributed by atoms with Gasteiger partial charge in [0.15, 0.2) is 0 Å². The average molecular weight is 470 g/mol. The van der Waals surface area contributed by atoms with Crippen LogP contribution in [0, 0.1) is 5.92 Å². The van der Waals surface area contributed by atoms with Crippen molar-refractivity contribution < 1.29 is 9.59 Å². The summed E-state index contributed by atoms with van der Waals surface area (Å²) in [7, 11) is 0. The predicted octanol–water partition coefficient (Wildman–Crippen LogP) is 4.93. The van der Waals surface area contributed by atoms with Gasteiger partial charge < -0.3 is 15.1 Å². The highest BCUT2D eigenvalue weighted by molar-refractivity contribution is 6.30. The van der Waals surface area contributed by atoms with Gasteiger partial charge in [-0.25, -0.2) is 0 Å². The van der Waals surface area contributed by atoms with Gasteiger partial charge in [0.05, 0.1) is 0 Å². The summed E-state index contributed by atoms with van der Waals surface area (Å²) in [6, 6.07) is 18.1. The number of nitrogens with zero attached hydrogens (tertiary/aromatic N) is 2. The topological polar surface area (TPSA) is 52.7 Å². The maximum absolute atomic E-state index is 13.4. The van der Waals surface area contributed by atoms with Crippen LogP contribution in [0.5, 0.6) is 0 Å². The van der Waals surface area contributed by atoms with Crippen LogP contribution in [0.3, 0.4) is 0 Å². The van der Waals surface area contributed by atoms with Crippen molar-refractivity contribution in [3.8, 4) is 0 Å². The highest BCUT2D eigenvalue weighted by atomic mass is 35.5. The van der Waals surface area contributed by atoms with Crippen molar-refractivity contribution in [2.45, 2.75) is 45.4 Å². The molecule has 2 amide bonds. The normalized spacial score (nSPS) is 14.3. The first-order valence-electron chi connectivity index (χ1n) is 12.1. The lowest BCUT2D eigenvalue weighted by molar-refractivity contribution is -0.133. The molecule has 1 aliphatic rings. The second kappa shape index (κ2) is 13.4. The van der Waals surface area contributed by atoms with Gasteiger partial charge in [0.25, 0.3) is 0 Å². The lowest BCUT2D eigenvalue weighted by Gasteiger charge is -2.34. The van der Waals surface area contributed by atoms with Gasteiger partial charge in [-0.3, -0.25) is 9.59 Å². The van der Waals surface area contributed by atoms with E-state index in [-0.39, 0.29) is 17.7 Å². The number of halogens is 1. The van der Waals surface area contributed by atoms with E-state index in [1.54, 1.807) is 6.92 Å². The zero-order chi connectivity index (χ0) is 23.5. The number of aryl methyl sites for hydroxylation is 1. The smallest absolute Gasteiger partial charge is 0.230 e. The fourth-order valence-electron chi connectivity index (χ4n) is 4.38. The maximum Gasteiger partial charge on any atom is 0.230 e. The van der Waals surface area contributed by atoms with Crippen LogP contribution in [-0.4, -0.2) is 49.4 Å². The largest absolute Gasteiger partial charge is 0.343 e. The summed E-state index contributed by atoms with van der Waals surface area (Å²) in [5.41, 5.74) is 2.24. The van der Waals surface area contributed by atoms with Crippen LogP contribution >= 0.6 is 11.6 Å². The molecule has 1 saturated heterocycles. The first kappa shape index (κ1) is 25.3. The molecule has 1 heterocycles. The Hall–Kier alpha value is -2.37. The van der Waals surface area contributed by atoms with Crippen molar-refractivity contribution in [2.24, 2.45) is 5.92 Å². The minimum Gasteiger partial charge on any atom is -0.343 e. The van der Waals surface area contributed by atoms with Crippen molar-refractivity contribution in [2.75, 3.05) is 37.6 Å². The summed E-state index contributed by atoms with van der Waals surface area (Å²) in [5, 5.41) is 4.15. The number of unbranched alkanes of at least 4 members (excludes halogenated alkanes) is 1. The number of amides is 2. The first-order chi connectivity index (χ1) is 16.0. The molecular weight excluding hydrogens is 434 g/mol. The van der Waals surface area contributed by atoms with Gasteiger partial charge >= 0.3 is 0 Å². The van der Waals surface area contributed by atoms with E-state index >= 15 is 0 Å². The van der Waals surface area contributed by atoms with E-state index in [9.17, 15) is 9.59 Å².